The first-order valence-corrected chi connectivity index (χ1v) is 9.63. The second-order valence-electron chi connectivity index (χ2n) is 6.41. The van der Waals surface area contributed by atoms with Crippen LogP contribution in [0.3, 0.4) is 0 Å². The Morgan fingerprint density at radius 1 is 0.923 bits per heavy atom. The Kier molecular flexibility index (Phi) is 4.39. The van der Waals surface area contributed by atoms with E-state index in [4.69, 9.17) is 11.6 Å². The Bertz CT molecular complexity index is 1120. The number of hydrogen-bond donors (Lipinski definition) is 1. The number of benzene rings is 2. The summed E-state index contributed by atoms with van der Waals surface area (Å²) < 4.78 is 0. The molecular weight excluding hydrogens is 362 g/mol. The zero-order valence-electron chi connectivity index (χ0n) is 14.8. The van der Waals surface area contributed by atoms with Crippen molar-refractivity contribution in [1.29, 1.82) is 0 Å². The highest BCUT2D eigenvalue weighted by Gasteiger charge is 2.16. The van der Waals surface area contributed by atoms with Gasteiger partial charge in [-0.3, -0.25) is 0 Å². The van der Waals surface area contributed by atoms with Crippen LogP contribution >= 0.6 is 22.9 Å². The molecule has 0 fully saturated rings. The zero-order valence-corrected chi connectivity index (χ0v) is 16.4. The van der Waals surface area contributed by atoms with E-state index in [9.17, 15) is 0 Å². The topological polar surface area (TPSA) is 37.8 Å². The van der Waals surface area contributed by atoms with E-state index in [0.717, 1.165) is 38.4 Å². The number of nitrogens with zero attached hydrogens (tertiary/aromatic N) is 2. The van der Waals surface area contributed by atoms with Crippen molar-refractivity contribution in [2.24, 2.45) is 0 Å². The molecule has 0 atom stereocenters. The monoisotopic (exact) mass is 379 g/mol. The fourth-order valence-electron chi connectivity index (χ4n) is 2.97. The van der Waals surface area contributed by atoms with Gasteiger partial charge in [-0.05, 0) is 60.7 Å². The molecule has 0 amide bonds. The van der Waals surface area contributed by atoms with Crippen molar-refractivity contribution in [3.05, 3.63) is 69.8 Å². The van der Waals surface area contributed by atoms with Crippen molar-refractivity contribution in [1.82, 2.24) is 9.97 Å². The Labute approximate surface area is 161 Å². The van der Waals surface area contributed by atoms with E-state index in [-0.39, 0.29) is 5.28 Å². The van der Waals surface area contributed by atoms with E-state index in [2.05, 4.69) is 65.7 Å². The van der Waals surface area contributed by atoms with Gasteiger partial charge in [0.2, 0.25) is 5.28 Å². The van der Waals surface area contributed by atoms with Crippen molar-refractivity contribution >= 4 is 44.7 Å². The smallest absolute Gasteiger partial charge is 0.225 e. The van der Waals surface area contributed by atoms with E-state index < -0.39 is 0 Å². The van der Waals surface area contributed by atoms with Crippen LogP contribution in [-0.4, -0.2) is 9.97 Å². The summed E-state index contributed by atoms with van der Waals surface area (Å²) in [5.74, 6) is 0.740. The summed E-state index contributed by atoms with van der Waals surface area (Å²) in [5, 5.41) is 6.83. The molecule has 0 unspecified atom stereocenters. The first-order chi connectivity index (χ1) is 12.5. The fraction of sp³-hybridized carbons (Fsp3) is 0.143. The highest BCUT2D eigenvalue weighted by molar-refractivity contribution is 7.17. The van der Waals surface area contributed by atoms with Crippen LogP contribution in [0.25, 0.3) is 21.3 Å². The third kappa shape index (κ3) is 3.06. The lowest BCUT2D eigenvalue weighted by atomic mass is 10.0. The lowest BCUT2D eigenvalue weighted by molar-refractivity contribution is 1.23. The Morgan fingerprint density at radius 2 is 1.73 bits per heavy atom. The Balaban J connectivity index is 1.91. The van der Waals surface area contributed by atoms with Crippen molar-refractivity contribution in [3.8, 4) is 11.1 Å². The summed E-state index contributed by atoms with van der Waals surface area (Å²) in [4.78, 5) is 9.79. The largest absolute Gasteiger partial charge is 0.339 e. The number of aromatic nitrogens is 2. The third-order valence-corrected chi connectivity index (χ3v) is 5.66. The quantitative estimate of drug-likeness (QED) is 0.403. The molecule has 0 bridgehead atoms. The van der Waals surface area contributed by atoms with Crippen LogP contribution < -0.4 is 5.32 Å². The van der Waals surface area contributed by atoms with E-state index in [1.165, 1.54) is 11.1 Å². The fourth-order valence-corrected chi connectivity index (χ4v) is 4.13. The molecule has 0 radical (unpaired) electrons. The molecule has 0 aliphatic heterocycles. The van der Waals surface area contributed by atoms with Crippen molar-refractivity contribution < 1.29 is 0 Å². The Morgan fingerprint density at radius 3 is 2.50 bits per heavy atom. The number of fused-ring (bicyclic) bond motifs is 1. The average molecular weight is 380 g/mol. The molecule has 0 saturated heterocycles. The molecule has 3 nitrogen and oxygen atoms in total. The maximum atomic E-state index is 6.18. The molecule has 0 aliphatic carbocycles. The first kappa shape index (κ1) is 17.0. The number of thiophene rings is 1. The molecule has 0 spiro atoms. The first-order valence-electron chi connectivity index (χ1n) is 8.38. The number of nitrogens with one attached hydrogen (secondary N) is 1. The van der Waals surface area contributed by atoms with Crippen LogP contribution in [0.4, 0.5) is 11.5 Å². The number of rotatable bonds is 3. The molecule has 2 heterocycles. The second-order valence-corrected chi connectivity index (χ2v) is 7.61. The summed E-state index contributed by atoms with van der Waals surface area (Å²) in [5.41, 5.74) is 7.01. The van der Waals surface area contributed by atoms with Crippen LogP contribution in [0, 0.1) is 20.8 Å². The SMILES string of the molecule is Cc1ccc(-c2csc3nc(Cl)nc(Nc4ccccc4C)c23)cc1C. The minimum absolute atomic E-state index is 0.252. The van der Waals surface area contributed by atoms with Gasteiger partial charge in [0.15, 0.2) is 0 Å². The second kappa shape index (κ2) is 6.71. The summed E-state index contributed by atoms with van der Waals surface area (Å²) in [6.07, 6.45) is 0. The van der Waals surface area contributed by atoms with Crippen LogP contribution in [0.5, 0.6) is 0 Å². The molecule has 130 valence electrons. The van der Waals surface area contributed by atoms with Crippen molar-refractivity contribution in [2.75, 3.05) is 5.32 Å². The number of halogens is 1. The molecule has 2 aromatic carbocycles. The highest BCUT2D eigenvalue weighted by Crippen LogP contribution is 2.39. The lowest BCUT2D eigenvalue weighted by Gasteiger charge is -2.11. The van der Waals surface area contributed by atoms with Gasteiger partial charge in [-0.1, -0.05) is 36.4 Å². The molecule has 2 aromatic heterocycles. The zero-order chi connectivity index (χ0) is 18.3. The normalized spacial score (nSPS) is 11.1. The minimum Gasteiger partial charge on any atom is -0.339 e. The van der Waals surface area contributed by atoms with E-state index in [1.807, 2.05) is 18.2 Å². The number of para-hydroxylation sites is 1. The van der Waals surface area contributed by atoms with Crippen LogP contribution in [0.2, 0.25) is 5.28 Å². The lowest BCUT2D eigenvalue weighted by Crippen LogP contribution is -1.98. The predicted molar refractivity (Wildman–Crippen MR) is 112 cm³/mol. The molecular formula is C21H18ClN3S. The van der Waals surface area contributed by atoms with Crippen molar-refractivity contribution in [3.63, 3.8) is 0 Å². The van der Waals surface area contributed by atoms with Gasteiger partial charge in [-0.25, -0.2) is 4.98 Å². The third-order valence-electron chi connectivity index (χ3n) is 4.62. The molecule has 0 aliphatic rings. The highest BCUT2D eigenvalue weighted by atomic mass is 35.5. The summed E-state index contributed by atoms with van der Waals surface area (Å²) in [6, 6.07) is 14.7. The summed E-state index contributed by atoms with van der Waals surface area (Å²) in [6.45, 7) is 6.33. The van der Waals surface area contributed by atoms with Gasteiger partial charge < -0.3 is 5.32 Å². The molecule has 1 N–H and O–H groups in total. The predicted octanol–water partition coefficient (Wildman–Crippen LogP) is 6.68. The van der Waals surface area contributed by atoms with Gasteiger partial charge in [0.1, 0.15) is 10.6 Å². The maximum absolute atomic E-state index is 6.18. The molecule has 0 saturated carbocycles. The minimum atomic E-state index is 0.252. The van der Waals surface area contributed by atoms with Gasteiger partial charge in [0, 0.05) is 16.6 Å². The van der Waals surface area contributed by atoms with Gasteiger partial charge in [0.05, 0.1) is 5.39 Å². The molecule has 4 rings (SSSR count). The van der Waals surface area contributed by atoms with E-state index in [0.29, 0.717) is 0 Å². The summed E-state index contributed by atoms with van der Waals surface area (Å²) in [7, 11) is 0. The van der Waals surface area contributed by atoms with Crippen molar-refractivity contribution in [2.45, 2.75) is 20.8 Å². The number of hydrogen-bond acceptors (Lipinski definition) is 4. The van der Waals surface area contributed by atoms with Gasteiger partial charge in [-0.15, -0.1) is 11.3 Å². The number of anilines is 2. The van der Waals surface area contributed by atoms with Crippen LogP contribution in [0.1, 0.15) is 16.7 Å². The molecule has 26 heavy (non-hydrogen) atoms. The Hall–Kier alpha value is -2.43. The van der Waals surface area contributed by atoms with Gasteiger partial charge >= 0.3 is 0 Å². The molecule has 4 aromatic rings. The molecule has 5 heteroatoms. The van der Waals surface area contributed by atoms with Crippen LogP contribution in [-0.2, 0) is 0 Å². The number of aryl methyl sites for hydroxylation is 3. The van der Waals surface area contributed by atoms with Gasteiger partial charge in [-0.2, -0.15) is 4.98 Å². The van der Waals surface area contributed by atoms with E-state index in [1.54, 1.807) is 11.3 Å². The van der Waals surface area contributed by atoms with E-state index >= 15 is 0 Å². The van der Waals surface area contributed by atoms with Gasteiger partial charge in [0.25, 0.3) is 0 Å². The standard InChI is InChI=1S/C21H18ClN3S/c1-12-8-9-15(10-14(12)3)16-11-26-20-18(16)19(24-21(22)25-20)23-17-7-5-4-6-13(17)2/h4-11H,1-3H3,(H,23,24,25). The van der Waals surface area contributed by atoms with Crippen LogP contribution in [0.15, 0.2) is 47.8 Å². The maximum Gasteiger partial charge on any atom is 0.225 e. The average Bonchev–Trinajstić information content (AvgIpc) is 3.03. The summed E-state index contributed by atoms with van der Waals surface area (Å²) >= 11 is 7.76.